The van der Waals surface area contributed by atoms with Gasteiger partial charge < -0.3 is 10.1 Å². The summed E-state index contributed by atoms with van der Waals surface area (Å²) in [5, 5.41) is 3.04. The first-order valence-corrected chi connectivity index (χ1v) is 9.91. The van der Waals surface area contributed by atoms with Crippen molar-refractivity contribution in [3.05, 3.63) is 85.8 Å². The molecule has 2 aromatic carbocycles. The first-order valence-electron chi connectivity index (χ1n) is 7.94. The van der Waals surface area contributed by atoms with Gasteiger partial charge in [-0.05, 0) is 46.3 Å². The second-order valence-corrected chi connectivity index (χ2v) is 7.70. The van der Waals surface area contributed by atoms with Crippen LogP contribution in [0, 0.1) is 0 Å². The molecule has 0 saturated heterocycles. The Bertz CT molecular complexity index is 1030. The number of esters is 1. The fourth-order valence-corrected chi connectivity index (χ4v) is 3.93. The van der Waals surface area contributed by atoms with Gasteiger partial charge in [0.15, 0.2) is 0 Å². The fraction of sp³-hybridized carbons (Fsp3) is 0.0526. The zero-order valence-electron chi connectivity index (χ0n) is 14.2. The third-order valence-electron chi connectivity index (χ3n) is 3.63. The van der Waals surface area contributed by atoms with Crippen molar-refractivity contribution < 1.29 is 14.3 Å². The van der Waals surface area contributed by atoms with Gasteiger partial charge in [0.25, 0.3) is 5.91 Å². The Kier molecular flexibility index (Phi) is 6.77. The highest BCUT2D eigenvalue weighted by Crippen LogP contribution is 2.34. The van der Waals surface area contributed by atoms with Gasteiger partial charge in [-0.2, -0.15) is 0 Å². The maximum Gasteiger partial charge on any atom is 0.345 e. The number of hydrogen-bond acceptors (Lipinski definition) is 5. The van der Waals surface area contributed by atoms with Crippen LogP contribution < -0.4 is 10.1 Å². The number of carbonyl (C=O) groups excluding carboxylic acids is 2. The van der Waals surface area contributed by atoms with E-state index in [1.807, 2.05) is 0 Å². The van der Waals surface area contributed by atoms with Crippen LogP contribution in [0.15, 0.2) is 63.9 Å². The molecule has 0 radical (unpaired) electrons. The number of benzene rings is 2. The first kappa shape index (κ1) is 20.4. The molecule has 3 rings (SSSR count). The molecule has 142 valence electrons. The van der Waals surface area contributed by atoms with Crippen LogP contribution in [0.1, 0.15) is 26.4 Å². The summed E-state index contributed by atoms with van der Waals surface area (Å²) in [6.07, 6.45) is 2.77. The van der Waals surface area contributed by atoms with Gasteiger partial charge in [-0.25, -0.2) is 14.8 Å². The zero-order chi connectivity index (χ0) is 20.1. The maximum absolute atomic E-state index is 12.5. The lowest BCUT2D eigenvalue weighted by atomic mass is 10.2. The van der Waals surface area contributed by atoms with E-state index in [0.29, 0.717) is 15.1 Å². The highest BCUT2D eigenvalue weighted by molar-refractivity contribution is 9.11. The van der Waals surface area contributed by atoms with Crippen molar-refractivity contribution in [1.82, 2.24) is 15.3 Å². The van der Waals surface area contributed by atoms with Gasteiger partial charge in [-0.15, -0.1) is 0 Å². The minimum absolute atomic E-state index is 0.117. The molecular formula is C19H12Br2ClN3O3. The lowest BCUT2D eigenvalue weighted by Gasteiger charge is -2.14. The molecule has 0 atom stereocenters. The molecule has 0 spiro atoms. The molecular weight excluding hydrogens is 513 g/mol. The Balaban J connectivity index is 1.83. The van der Waals surface area contributed by atoms with Crippen LogP contribution in [-0.4, -0.2) is 21.8 Å². The smallest absolute Gasteiger partial charge is 0.345 e. The average molecular weight is 526 g/mol. The summed E-state index contributed by atoms with van der Waals surface area (Å²) in [5.41, 5.74) is 1.07. The van der Waals surface area contributed by atoms with E-state index in [9.17, 15) is 9.59 Å². The number of hydrogen-bond donors (Lipinski definition) is 1. The second kappa shape index (κ2) is 9.27. The van der Waals surface area contributed by atoms with Crippen molar-refractivity contribution in [2.75, 3.05) is 0 Å². The number of nitrogens with one attached hydrogen (secondary N) is 1. The van der Waals surface area contributed by atoms with Crippen LogP contribution in [0.25, 0.3) is 0 Å². The summed E-state index contributed by atoms with van der Waals surface area (Å²) >= 11 is 12.9. The topological polar surface area (TPSA) is 81.2 Å². The molecule has 0 aliphatic rings. The van der Waals surface area contributed by atoms with Gasteiger partial charge in [0, 0.05) is 22.8 Å². The number of carbonyl (C=O) groups is 2. The average Bonchev–Trinajstić information content (AvgIpc) is 2.69. The number of ether oxygens (including phenoxy) is 1. The number of aromatic nitrogens is 2. The molecule has 0 bridgehead atoms. The number of amides is 1. The Morgan fingerprint density at radius 1 is 1.14 bits per heavy atom. The lowest BCUT2D eigenvalue weighted by molar-refractivity contribution is 0.0732. The van der Waals surface area contributed by atoms with Crippen molar-refractivity contribution in [3.8, 4) is 5.75 Å². The third kappa shape index (κ3) is 4.95. The number of rotatable bonds is 5. The normalized spacial score (nSPS) is 10.4. The van der Waals surface area contributed by atoms with Gasteiger partial charge in [-0.1, -0.05) is 39.7 Å². The molecule has 1 N–H and O–H groups in total. The van der Waals surface area contributed by atoms with Crippen molar-refractivity contribution in [1.29, 1.82) is 0 Å². The van der Waals surface area contributed by atoms with Crippen LogP contribution in [-0.2, 0) is 6.54 Å². The van der Waals surface area contributed by atoms with E-state index in [1.54, 1.807) is 36.4 Å². The van der Waals surface area contributed by atoms with Crippen LogP contribution in [0.5, 0.6) is 5.75 Å². The molecule has 6 nitrogen and oxygen atoms in total. The molecule has 0 aliphatic heterocycles. The Hall–Kier alpha value is -2.29. The predicted octanol–water partition coefficient (Wildman–Crippen LogP) is 4.80. The van der Waals surface area contributed by atoms with E-state index in [0.717, 1.165) is 4.47 Å². The lowest BCUT2D eigenvalue weighted by Crippen LogP contribution is -2.24. The van der Waals surface area contributed by atoms with Gasteiger partial charge >= 0.3 is 5.97 Å². The molecule has 9 heteroatoms. The SMILES string of the molecule is O=C(NCc1cc(Br)cc(Br)c1OC(=O)c1ccccc1Cl)c1ccncn1. The summed E-state index contributed by atoms with van der Waals surface area (Å²) < 4.78 is 6.87. The molecule has 0 aliphatic carbocycles. The van der Waals surface area contributed by atoms with E-state index in [2.05, 4.69) is 47.1 Å². The highest BCUT2D eigenvalue weighted by atomic mass is 79.9. The largest absolute Gasteiger partial charge is 0.421 e. The zero-order valence-corrected chi connectivity index (χ0v) is 18.1. The third-order valence-corrected chi connectivity index (χ3v) is 5.00. The van der Waals surface area contributed by atoms with Crippen LogP contribution >= 0.6 is 43.5 Å². The Morgan fingerprint density at radius 3 is 2.64 bits per heavy atom. The molecule has 1 amide bonds. The molecule has 1 heterocycles. The van der Waals surface area contributed by atoms with Crippen molar-refractivity contribution in [3.63, 3.8) is 0 Å². The fourth-order valence-electron chi connectivity index (χ4n) is 2.32. The predicted molar refractivity (Wildman–Crippen MR) is 111 cm³/mol. The molecule has 0 fully saturated rings. The summed E-state index contributed by atoms with van der Waals surface area (Å²) in [6, 6.07) is 11.6. The van der Waals surface area contributed by atoms with Crippen LogP contribution in [0.2, 0.25) is 5.02 Å². The van der Waals surface area contributed by atoms with Crippen LogP contribution in [0.3, 0.4) is 0 Å². The van der Waals surface area contributed by atoms with E-state index in [1.165, 1.54) is 18.6 Å². The second-order valence-electron chi connectivity index (χ2n) is 5.52. The van der Waals surface area contributed by atoms with Gasteiger partial charge in [0.1, 0.15) is 17.8 Å². The maximum atomic E-state index is 12.5. The van der Waals surface area contributed by atoms with E-state index < -0.39 is 5.97 Å². The van der Waals surface area contributed by atoms with Gasteiger partial charge in [0.2, 0.25) is 0 Å². The summed E-state index contributed by atoms with van der Waals surface area (Å²) in [5.74, 6) is -0.685. The van der Waals surface area contributed by atoms with Crippen LogP contribution in [0.4, 0.5) is 0 Å². The summed E-state index contributed by atoms with van der Waals surface area (Å²) in [4.78, 5) is 32.5. The van der Waals surface area contributed by atoms with E-state index in [-0.39, 0.29) is 29.5 Å². The summed E-state index contributed by atoms with van der Waals surface area (Å²) in [6.45, 7) is 0.117. The van der Waals surface area contributed by atoms with Crippen molar-refractivity contribution in [2.24, 2.45) is 0 Å². The van der Waals surface area contributed by atoms with Gasteiger partial charge in [0.05, 0.1) is 15.1 Å². The number of halogens is 3. The molecule has 0 unspecified atom stereocenters. The van der Waals surface area contributed by atoms with E-state index in [4.69, 9.17) is 16.3 Å². The molecule has 3 aromatic rings. The molecule has 0 saturated carbocycles. The standard InChI is InChI=1S/C19H12Br2ClN3O3/c20-12-7-11(9-24-18(26)16-5-6-23-10-25-16)17(14(21)8-12)28-19(27)13-3-1-2-4-15(13)22/h1-8,10H,9H2,(H,24,26). The minimum atomic E-state index is -0.600. The number of nitrogens with zero attached hydrogens (tertiary/aromatic N) is 2. The molecule has 28 heavy (non-hydrogen) atoms. The Labute approximate surface area is 182 Å². The quantitative estimate of drug-likeness (QED) is 0.382. The highest BCUT2D eigenvalue weighted by Gasteiger charge is 2.18. The van der Waals surface area contributed by atoms with Gasteiger partial charge in [-0.3, -0.25) is 4.79 Å². The van der Waals surface area contributed by atoms with Crippen molar-refractivity contribution >= 4 is 55.3 Å². The first-order chi connectivity index (χ1) is 13.5. The monoisotopic (exact) mass is 523 g/mol. The van der Waals surface area contributed by atoms with Crippen molar-refractivity contribution in [2.45, 2.75) is 6.54 Å². The van der Waals surface area contributed by atoms with E-state index >= 15 is 0 Å². The Morgan fingerprint density at radius 2 is 1.93 bits per heavy atom. The summed E-state index contributed by atoms with van der Waals surface area (Å²) in [7, 11) is 0. The minimum Gasteiger partial charge on any atom is -0.421 e. The molecule has 1 aromatic heterocycles.